The minimum atomic E-state index is 0.841. The molecule has 152 valence electrons. The number of allylic oxidation sites excluding steroid dienone is 2. The van der Waals surface area contributed by atoms with Crippen LogP contribution in [0.25, 0.3) is 12.2 Å². The molecule has 0 saturated carbocycles. The van der Waals surface area contributed by atoms with Gasteiger partial charge in [-0.3, -0.25) is 0 Å². The maximum atomic E-state index is 5.05. The lowest BCUT2D eigenvalue weighted by Gasteiger charge is -1.98. The van der Waals surface area contributed by atoms with E-state index in [1.165, 1.54) is 0 Å². The van der Waals surface area contributed by atoms with Gasteiger partial charge in [-0.1, -0.05) is 36.4 Å². The molecule has 7 nitrogen and oxygen atoms in total. The number of ether oxygens (including phenoxy) is 2. The number of rotatable bonds is 8. The Bertz CT molecular complexity index is 823. The van der Waals surface area contributed by atoms with Gasteiger partial charge in [-0.15, -0.1) is 5.10 Å². The Morgan fingerprint density at radius 1 is 0.759 bits per heavy atom. The fourth-order valence-corrected chi connectivity index (χ4v) is 1.97. The molecule has 0 fully saturated rings. The van der Waals surface area contributed by atoms with Gasteiger partial charge in [-0.2, -0.15) is 10.2 Å². The standard InChI is InChI=1S/C11H13N3O.C11H14N2O/c1-15-11-6-4-10(5-7-11)3-2-8-13-14-9-12;1-12-13-9-3-4-10-5-7-11(14-2)8-6-10/h2-9H,1H3,(H2,12,14);3-9,12H,1-2H3/b3-2+,13-8+;4-3+,13-9+. The minimum absolute atomic E-state index is 0.841. The topological polar surface area (TPSA) is 93.6 Å². The van der Waals surface area contributed by atoms with Crippen molar-refractivity contribution >= 4 is 30.9 Å². The highest BCUT2D eigenvalue weighted by Gasteiger charge is 1.89. The molecule has 0 spiro atoms. The molecule has 0 aromatic heterocycles. The molecule has 0 aliphatic carbocycles. The molecule has 0 saturated heterocycles. The van der Waals surface area contributed by atoms with Gasteiger partial charge in [0.1, 0.15) is 17.8 Å². The van der Waals surface area contributed by atoms with E-state index < -0.39 is 0 Å². The molecule has 29 heavy (non-hydrogen) atoms. The highest BCUT2D eigenvalue weighted by molar-refractivity contribution is 5.78. The summed E-state index contributed by atoms with van der Waals surface area (Å²) in [6, 6.07) is 15.5. The van der Waals surface area contributed by atoms with Crippen LogP contribution in [0.2, 0.25) is 0 Å². The smallest absolute Gasteiger partial charge is 0.118 e. The molecule has 0 bridgehead atoms. The maximum absolute atomic E-state index is 5.05. The van der Waals surface area contributed by atoms with Crippen molar-refractivity contribution in [3.63, 3.8) is 0 Å². The number of nitrogens with zero attached hydrogens (tertiary/aromatic N) is 3. The van der Waals surface area contributed by atoms with Crippen LogP contribution >= 0.6 is 0 Å². The second-order valence-corrected chi connectivity index (χ2v) is 5.30. The number of hydrazone groups is 1. The molecule has 7 heteroatoms. The van der Waals surface area contributed by atoms with Crippen LogP contribution in [0.1, 0.15) is 11.1 Å². The number of hydrogen-bond acceptors (Lipinski definition) is 6. The summed E-state index contributed by atoms with van der Waals surface area (Å²) < 4.78 is 10.1. The zero-order chi connectivity index (χ0) is 21.2. The Kier molecular flexibility index (Phi) is 12.2. The molecule has 2 aromatic carbocycles. The first-order chi connectivity index (χ1) is 14.2. The van der Waals surface area contributed by atoms with E-state index in [-0.39, 0.29) is 0 Å². The predicted molar refractivity (Wildman–Crippen MR) is 123 cm³/mol. The highest BCUT2D eigenvalue weighted by Crippen LogP contribution is 2.12. The van der Waals surface area contributed by atoms with E-state index in [0.717, 1.165) is 29.0 Å². The van der Waals surface area contributed by atoms with Crippen LogP contribution in [0.4, 0.5) is 0 Å². The fourth-order valence-electron chi connectivity index (χ4n) is 1.97. The molecule has 2 aromatic rings. The van der Waals surface area contributed by atoms with Gasteiger partial charge in [0.2, 0.25) is 0 Å². The first-order valence-corrected chi connectivity index (χ1v) is 8.81. The van der Waals surface area contributed by atoms with Gasteiger partial charge < -0.3 is 20.6 Å². The van der Waals surface area contributed by atoms with Crippen LogP contribution in [-0.4, -0.2) is 40.0 Å². The zero-order valence-corrected chi connectivity index (χ0v) is 16.9. The average molecular weight is 393 g/mol. The molecule has 0 atom stereocenters. The van der Waals surface area contributed by atoms with E-state index in [1.54, 1.807) is 39.8 Å². The second-order valence-electron chi connectivity index (χ2n) is 5.30. The molecule has 0 aliphatic heterocycles. The molecular weight excluding hydrogens is 366 g/mol. The predicted octanol–water partition coefficient (Wildman–Crippen LogP) is 3.59. The van der Waals surface area contributed by atoms with Crippen LogP contribution < -0.4 is 20.6 Å². The summed E-state index contributed by atoms with van der Waals surface area (Å²) in [7, 11) is 5.06. The lowest BCUT2D eigenvalue weighted by molar-refractivity contribution is 0.414. The first kappa shape index (κ1) is 23.2. The minimum Gasteiger partial charge on any atom is -0.497 e. The second kappa shape index (κ2) is 15.2. The summed E-state index contributed by atoms with van der Waals surface area (Å²) in [5.74, 6) is 1.71. The Labute approximate surface area is 172 Å². The number of nitrogens with one attached hydrogen (secondary N) is 1. The van der Waals surface area contributed by atoms with Crippen molar-refractivity contribution in [2.45, 2.75) is 0 Å². The van der Waals surface area contributed by atoms with Gasteiger partial charge in [0.05, 0.1) is 14.2 Å². The maximum Gasteiger partial charge on any atom is 0.118 e. The molecule has 0 amide bonds. The molecule has 3 N–H and O–H groups in total. The van der Waals surface area contributed by atoms with E-state index >= 15 is 0 Å². The Hall–Kier alpha value is -3.87. The van der Waals surface area contributed by atoms with E-state index in [0.29, 0.717) is 0 Å². The highest BCUT2D eigenvalue weighted by atomic mass is 16.5. The van der Waals surface area contributed by atoms with Gasteiger partial charge in [-0.25, -0.2) is 0 Å². The Balaban J connectivity index is 0.000000291. The van der Waals surface area contributed by atoms with E-state index in [1.807, 2.05) is 66.8 Å². The fraction of sp³-hybridized carbons (Fsp3) is 0.136. The molecule has 0 aliphatic rings. The third-order valence-corrected chi connectivity index (χ3v) is 3.38. The third-order valence-electron chi connectivity index (χ3n) is 3.38. The first-order valence-electron chi connectivity index (χ1n) is 8.81. The quantitative estimate of drug-likeness (QED) is 0.407. The molecule has 2 rings (SSSR count). The number of methoxy groups -OCH3 is 2. The van der Waals surface area contributed by atoms with E-state index in [4.69, 9.17) is 15.2 Å². The van der Waals surface area contributed by atoms with Crippen molar-refractivity contribution in [1.29, 1.82) is 0 Å². The van der Waals surface area contributed by atoms with Gasteiger partial charge >= 0.3 is 0 Å². The molecule has 0 heterocycles. The van der Waals surface area contributed by atoms with Crippen molar-refractivity contribution in [1.82, 2.24) is 5.43 Å². The largest absolute Gasteiger partial charge is 0.497 e. The van der Waals surface area contributed by atoms with Crippen LogP contribution in [0.15, 0.2) is 76.0 Å². The SMILES string of the molecule is CN/N=C/C=C/c1ccc(OC)cc1.COc1ccc(/C=C/C=N/N=C\N)cc1. The van der Waals surface area contributed by atoms with Gasteiger partial charge in [0.25, 0.3) is 0 Å². The van der Waals surface area contributed by atoms with Crippen LogP contribution in [0.5, 0.6) is 11.5 Å². The monoisotopic (exact) mass is 393 g/mol. The summed E-state index contributed by atoms with van der Waals surface area (Å²) in [6.07, 6.45) is 11.9. The zero-order valence-electron chi connectivity index (χ0n) is 16.9. The van der Waals surface area contributed by atoms with Crippen LogP contribution in [-0.2, 0) is 0 Å². The van der Waals surface area contributed by atoms with E-state index in [2.05, 4.69) is 20.7 Å². The summed E-state index contributed by atoms with van der Waals surface area (Å²) >= 11 is 0. The number of hydrogen-bond donors (Lipinski definition) is 2. The van der Waals surface area contributed by atoms with Crippen LogP contribution in [0, 0.1) is 0 Å². The summed E-state index contributed by atoms with van der Waals surface area (Å²) in [6.45, 7) is 0. The summed E-state index contributed by atoms with van der Waals surface area (Å²) in [4.78, 5) is 0. The molecule has 0 radical (unpaired) electrons. The Morgan fingerprint density at radius 3 is 1.66 bits per heavy atom. The van der Waals surface area contributed by atoms with Gasteiger partial charge in [0, 0.05) is 19.5 Å². The van der Waals surface area contributed by atoms with Gasteiger partial charge in [-0.05, 0) is 47.5 Å². The molecular formula is C22H27N5O2. The third kappa shape index (κ3) is 10.8. The number of nitrogens with two attached hydrogens (primary N) is 1. The van der Waals surface area contributed by atoms with Crippen molar-refractivity contribution in [2.24, 2.45) is 21.0 Å². The molecule has 0 unspecified atom stereocenters. The number of benzene rings is 2. The normalized spacial score (nSPS) is 11.4. The lowest BCUT2D eigenvalue weighted by atomic mass is 10.2. The Morgan fingerprint density at radius 2 is 1.24 bits per heavy atom. The van der Waals surface area contributed by atoms with Crippen LogP contribution in [0.3, 0.4) is 0 Å². The average Bonchev–Trinajstić information content (AvgIpc) is 2.78. The summed E-state index contributed by atoms with van der Waals surface area (Å²) in [5.41, 5.74) is 9.87. The lowest BCUT2D eigenvalue weighted by Crippen LogP contribution is -1.91. The van der Waals surface area contributed by atoms with E-state index in [9.17, 15) is 0 Å². The van der Waals surface area contributed by atoms with Gasteiger partial charge in [0.15, 0.2) is 0 Å². The summed E-state index contributed by atoms with van der Waals surface area (Å²) in [5, 5.41) is 11.0. The van der Waals surface area contributed by atoms with Crippen molar-refractivity contribution in [3.8, 4) is 11.5 Å². The van der Waals surface area contributed by atoms with Crippen molar-refractivity contribution in [3.05, 3.63) is 71.8 Å². The van der Waals surface area contributed by atoms with Crippen molar-refractivity contribution in [2.75, 3.05) is 21.3 Å². The van der Waals surface area contributed by atoms with Crippen molar-refractivity contribution < 1.29 is 9.47 Å².